The Kier molecular flexibility index (Phi) is 8.14. The Labute approximate surface area is 129 Å². The van der Waals surface area contributed by atoms with Crippen LogP contribution in [0.25, 0.3) is 0 Å². The van der Waals surface area contributed by atoms with Gasteiger partial charge in [0.25, 0.3) is 0 Å². The summed E-state index contributed by atoms with van der Waals surface area (Å²) in [6, 6.07) is 7.91. The second kappa shape index (κ2) is 9.62. The summed E-state index contributed by atoms with van der Waals surface area (Å²) < 4.78 is 16.3. The summed E-state index contributed by atoms with van der Waals surface area (Å²) in [5.74, 6) is 4.07. The highest BCUT2D eigenvalue weighted by Crippen LogP contribution is 2.12. The summed E-state index contributed by atoms with van der Waals surface area (Å²) in [7, 11) is -1.34. The zero-order valence-corrected chi connectivity index (χ0v) is 14.6. The molecule has 1 rings (SSSR count). The standard InChI is InChI=1S/C17H26O3Si/c1-5-18-10-11-19-12-13-20-17-8-6-7-16(15-17)9-14-21(2,3)4/h6-8,15H,5,10-13H2,1-4H3. The molecule has 0 aromatic heterocycles. The van der Waals surface area contributed by atoms with Crippen LogP contribution in [0.5, 0.6) is 5.75 Å². The first kappa shape index (κ1) is 17.8. The fraction of sp³-hybridized carbons (Fsp3) is 0.529. The third-order valence-electron chi connectivity index (χ3n) is 2.49. The van der Waals surface area contributed by atoms with E-state index >= 15 is 0 Å². The lowest BCUT2D eigenvalue weighted by atomic mass is 10.2. The summed E-state index contributed by atoms with van der Waals surface area (Å²) in [6.07, 6.45) is 0. The van der Waals surface area contributed by atoms with Gasteiger partial charge in [0.2, 0.25) is 0 Å². The van der Waals surface area contributed by atoms with Crippen molar-refractivity contribution in [2.24, 2.45) is 0 Å². The van der Waals surface area contributed by atoms with Crippen LogP contribution < -0.4 is 4.74 Å². The summed E-state index contributed by atoms with van der Waals surface area (Å²) in [4.78, 5) is 0. The first-order chi connectivity index (χ1) is 10.0. The molecule has 0 N–H and O–H groups in total. The van der Waals surface area contributed by atoms with Gasteiger partial charge in [-0.05, 0) is 25.1 Å². The average Bonchev–Trinajstić information content (AvgIpc) is 2.44. The molecule has 1 aromatic rings. The van der Waals surface area contributed by atoms with Gasteiger partial charge in [-0.15, -0.1) is 5.54 Å². The van der Waals surface area contributed by atoms with Crippen molar-refractivity contribution >= 4 is 8.07 Å². The van der Waals surface area contributed by atoms with E-state index in [4.69, 9.17) is 14.2 Å². The van der Waals surface area contributed by atoms with Crippen LogP contribution in [0.3, 0.4) is 0 Å². The molecule has 0 heterocycles. The van der Waals surface area contributed by atoms with Crippen molar-refractivity contribution in [2.45, 2.75) is 26.6 Å². The van der Waals surface area contributed by atoms with Gasteiger partial charge in [-0.25, -0.2) is 0 Å². The van der Waals surface area contributed by atoms with Crippen molar-refractivity contribution in [3.8, 4) is 17.2 Å². The number of rotatable bonds is 8. The molecule has 21 heavy (non-hydrogen) atoms. The maximum absolute atomic E-state index is 5.66. The topological polar surface area (TPSA) is 27.7 Å². The zero-order chi connectivity index (χ0) is 15.6. The van der Waals surface area contributed by atoms with Gasteiger partial charge >= 0.3 is 0 Å². The molecule has 0 bridgehead atoms. The first-order valence-electron chi connectivity index (χ1n) is 7.43. The average molecular weight is 306 g/mol. The molecule has 4 heteroatoms. The van der Waals surface area contributed by atoms with Crippen LogP contribution in [0.1, 0.15) is 12.5 Å². The van der Waals surface area contributed by atoms with E-state index in [0.717, 1.165) is 17.9 Å². The smallest absolute Gasteiger partial charge is 0.129 e. The van der Waals surface area contributed by atoms with Crippen LogP contribution in [0, 0.1) is 11.5 Å². The Morgan fingerprint density at radius 1 is 1.00 bits per heavy atom. The van der Waals surface area contributed by atoms with Crippen molar-refractivity contribution in [3.05, 3.63) is 29.8 Å². The van der Waals surface area contributed by atoms with Crippen LogP contribution in [0.2, 0.25) is 19.6 Å². The van der Waals surface area contributed by atoms with E-state index in [1.165, 1.54) is 0 Å². The van der Waals surface area contributed by atoms with Crippen molar-refractivity contribution in [2.75, 3.05) is 33.0 Å². The molecule has 0 unspecified atom stereocenters. The summed E-state index contributed by atoms with van der Waals surface area (Å²) in [6.45, 7) is 11.8. The van der Waals surface area contributed by atoms with E-state index in [2.05, 4.69) is 31.1 Å². The van der Waals surface area contributed by atoms with Gasteiger partial charge in [0, 0.05) is 12.2 Å². The molecule has 0 amide bonds. The fourth-order valence-electron chi connectivity index (χ4n) is 1.51. The second-order valence-electron chi connectivity index (χ2n) is 5.69. The Hall–Kier alpha value is -1.28. The molecular weight excluding hydrogens is 280 g/mol. The highest BCUT2D eigenvalue weighted by molar-refractivity contribution is 6.83. The normalized spacial score (nSPS) is 10.9. The molecule has 0 aliphatic carbocycles. The van der Waals surface area contributed by atoms with Crippen LogP contribution in [0.4, 0.5) is 0 Å². The van der Waals surface area contributed by atoms with E-state index in [1.807, 2.05) is 31.2 Å². The zero-order valence-electron chi connectivity index (χ0n) is 13.6. The lowest BCUT2D eigenvalue weighted by Crippen LogP contribution is -2.16. The number of hydrogen-bond acceptors (Lipinski definition) is 3. The van der Waals surface area contributed by atoms with Gasteiger partial charge in [0.1, 0.15) is 20.4 Å². The van der Waals surface area contributed by atoms with Crippen molar-refractivity contribution in [1.29, 1.82) is 0 Å². The van der Waals surface area contributed by atoms with E-state index in [9.17, 15) is 0 Å². The minimum Gasteiger partial charge on any atom is -0.491 e. The number of ether oxygens (including phenoxy) is 3. The van der Waals surface area contributed by atoms with Crippen molar-refractivity contribution < 1.29 is 14.2 Å². The Bertz CT molecular complexity index is 469. The van der Waals surface area contributed by atoms with E-state index in [1.54, 1.807) is 0 Å². The lowest BCUT2D eigenvalue weighted by molar-refractivity contribution is 0.0405. The molecular formula is C17H26O3Si. The van der Waals surface area contributed by atoms with Crippen LogP contribution in [-0.2, 0) is 9.47 Å². The Morgan fingerprint density at radius 3 is 2.43 bits per heavy atom. The summed E-state index contributed by atoms with van der Waals surface area (Å²) >= 11 is 0. The van der Waals surface area contributed by atoms with E-state index in [0.29, 0.717) is 26.4 Å². The Balaban J connectivity index is 2.34. The molecule has 0 spiro atoms. The Morgan fingerprint density at radius 2 is 1.71 bits per heavy atom. The van der Waals surface area contributed by atoms with Gasteiger partial charge in [-0.1, -0.05) is 31.6 Å². The molecule has 0 atom stereocenters. The largest absolute Gasteiger partial charge is 0.491 e. The molecule has 0 saturated heterocycles. The minimum absolute atomic E-state index is 0.539. The predicted molar refractivity (Wildman–Crippen MR) is 89.5 cm³/mol. The third-order valence-corrected chi connectivity index (χ3v) is 3.36. The van der Waals surface area contributed by atoms with Gasteiger partial charge in [-0.2, -0.15) is 0 Å². The van der Waals surface area contributed by atoms with Crippen LogP contribution >= 0.6 is 0 Å². The highest BCUT2D eigenvalue weighted by atomic mass is 28.3. The number of hydrogen-bond donors (Lipinski definition) is 0. The molecule has 0 saturated carbocycles. The third kappa shape index (κ3) is 9.30. The van der Waals surface area contributed by atoms with E-state index in [-0.39, 0.29) is 0 Å². The molecule has 0 fully saturated rings. The lowest BCUT2D eigenvalue weighted by Gasteiger charge is -2.08. The summed E-state index contributed by atoms with van der Waals surface area (Å²) in [5.41, 5.74) is 4.36. The van der Waals surface area contributed by atoms with Crippen LogP contribution in [-0.4, -0.2) is 41.1 Å². The molecule has 1 aromatic carbocycles. The van der Waals surface area contributed by atoms with E-state index < -0.39 is 8.07 Å². The maximum atomic E-state index is 5.66. The van der Waals surface area contributed by atoms with Gasteiger partial charge in [0.05, 0.1) is 19.8 Å². The van der Waals surface area contributed by atoms with Gasteiger partial charge in [-0.3, -0.25) is 0 Å². The van der Waals surface area contributed by atoms with Crippen LogP contribution in [0.15, 0.2) is 24.3 Å². The van der Waals surface area contributed by atoms with Gasteiger partial charge < -0.3 is 14.2 Å². The van der Waals surface area contributed by atoms with Crippen molar-refractivity contribution in [3.63, 3.8) is 0 Å². The predicted octanol–water partition coefficient (Wildman–Crippen LogP) is 3.35. The van der Waals surface area contributed by atoms with Crippen molar-refractivity contribution in [1.82, 2.24) is 0 Å². The quantitative estimate of drug-likeness (QED) is 0.419. The monoisotopic (exact) mass is 306 g/mol. The fourth-order valence-corrected chi connectivity index (χ4v) is 2.03. The molecule has 0 aliphatic rings. The number of benzene rings is 1. The molecule has 0 radical (unpaired) electrons. The molecule has 0 aliphatic heterocycles. The minimum atomic E-state index is -1.34. The van der Waals surface area contributed by atoms with Gasteiger partial charge in [0.15, 0.2) is 0 Å². The highest BCUT2D eigenvalue weighted by Gasteiger charge is 2.07. The molecule has 3 nitrogen and oxygen atoms in total. The SMILES string of the molecule is CCOCCOCCOc1cccc(C#C[Si](C)(C)C)c1. The second-order valence-corrected chi connectivity index (χ2v) is 10.4. The molecule has 116 valence electrons. The summed E-state index contributed by atoms with van der Waals surface area (Å²) in [5, 5.41) is 0. The maximum Gasteiger partial charge on any atom is 0.129 e. The first-order valence-corrected chi connectivity index (χ1v) is 10.9.